The van der Waals surface area contributed by atoms with Gasteiger partial charge in [-0.1, -0.05) is 12.1 Å². The van der Waals surface area contributed by atoms with Crippen LogP contribution in [-0.2, 0) is 10.0 Å². The first kappa shape index (κ1) is 18.6. The van der Waals surface area contributed by atoms with Crippen LogP contribution in [0.25, 0.3) is 0 Å². The predicted molar refractivity (Wildman–Crippen MR) is 100 cm³/mol. The van der Waals surface area contributed by atoms with E-state index in [9.17, 15) is 13.2 Å². The second kappa shape index (κ2) is 7.21. The maximum Gasteiger partial charge on any atom is 0.243 e. The maximum absolute atomic E-state index is 13.1. The lowest BCUT2D eigenvalue weighted by molar-refractivity contribution is 0.0918. The van der Waals surface area contributed by atoms with Gasteiger partial charge in [-0.2, -0.15) is 4.31 Å². The number of ketones is 1. The number of benzene rings is 2. The highest BCUT2D eigenvalue weighted by molar-refractivity contribution is 7.89. The van der Waals surface area contributed by atoms with E-state index in [4.69, 9.17) is 4.74 Å². The summed E-state index contributed by atoms with van der Waals surface area (Å²) >= 11 is 0. The fourth-order valence-electron chi connectivity index (χ4n) is 3.43. The van der Waals surface area contributed by atoms with Gasteiger partial charge in [-0.05, 0) is 68.1 Å². The Balaban J connectivity index is 1.92. The van der Waals surface area contributed by atoms with Gasteiger partial charge < -0.3 is 4.74 Å². The SMILES string of the molecule is COc1ccc(C(=O)C2CCCN2S(=O)(=O)c2cccc(C)c2)cc1C. The van der Waals surface area contributed by atoms with Crippen molar-refractivity contribution in [1.29, 1.82) is 0 Å². The van der Waals surface area contributed by atoms with E-state index in [0.717, 1.165) is 11.1 Å². The number of aryl methyl sites for hydroxylation is 2. The molecule has 2 aromatic rings. The molecule has 0 radical (unpaired) electrons. The summed E-state index contributed by atoms with van der Waals surface area (Å²) in [6.45, 7) is 4.08. The van der Waals surface area contributed by atoms with Gasteiger partial charge in [-0.3, -0.25) is 4.79 Å². The summed E-state index contributed by atoms with van der Waals surface area (Å²) in [6.07, 6.45) is 1.21. The lowest BCUT2D eigenvalue weighted by Crippen LogP contribution is -2.40. The van der Waals surface area contributed by atoms with Crippen LogP contribution in [0.5, 0.6) is 5.75 Å². The molecule has 5 nitrogen and oxygen atoms in total. The van der Waals surface area contributed by atoms with Crippen molar-refractivity contribution in [3.8, 4) is 5.75 Å². The normalized spacial score (nSPS) is 18.0. The summed E-state index contributed by atoms with van der Waals surface area (Å²) in [4.78, 5) is 13.2. The number of Topliss-reactive ketones (excluding diaryl/α,β-unsaturated/α-hetero) is 1. The molecular weight excluding hydrogens is 350 g/mol. The molecule has 6 heteroatoms. The number of rotatable bonds is 5. The summed E-state index contributed by atoms with van der Waals surface area (Å²) in [5.41, 5.74) is 2.24. The zero-order valence-electron chi connectivity index (χ0n) is 15.2. The fraction of sp³-hybridized carbons (Fsp3) is 0.350. The minimum atomic E-state index is -3.70. The third-order valence-electron chi connectivity index (χ3n) is 4.78. The van der Waals surface area contributed by atoms with Gasteiger partial charge in [0.05, 0.1) is 18.0 Å². The minimum Gasteiger partial charge on any atom is -0.496 e. The molecule has 3 rings (SSSR count). The smallest absolute Gasteiger partial charge is 0.243 e. The molecule has 0 N–H and O–H groups in total. The lowest BCUT2D eigenvalue weighted by atomic mass is 10.0. The zero-order chi connectivity index (χ0) is 18.9. The van der Waals surface area contributed by atoms with Crippen LogP contribution in [0.3, 0.4) is 0 Å². The number of nitrogens with zero attached hydrogens (tertiary/aromatic N) is 1. The van der Waals surface area contributed by atoms with Crippen LogP contribution in [0.2, 0.25) is 0 Å². The number of carbonyl (C=O) groups is 1. The molecule has 1 atom stereocenters. The molecule has 0 saturated carbocycles. The van der Waals surface area contributed by atoms with Crippen LogP contribution in [0.15, 0.2) is 47.4 Å². The second-order valence-electron chi connectivity index (χ2n) is 6.64. The first-order valence-corrected chi connectivity index (χ1v) is 10.1. The standard InChI is InChI=1S/C20H23NO4S/c1-14-6-4-7-17(12-14)26(23,24)21-11-5-8-18(21)20(22)16-9-10-19(25-3)15(2)13-16/h4,6-7,9-10,12-13,18H,5,8,11H2,1-3H3. The number of carbonyl (C=O) groups excluding carboxylic acids is 1. The monoisotopic (exact) mass is 373 g/mol. The molecule has 0 aliphatic carbocycles. The highest BCUT2D eigenvalue weighted by atomic mass is 32.2. The Hall–Kier alpha value is -2.18. The number of ether oxygens (including phenoxy) is 1. The predicted octanol–water partition coefficient (Wildman–Crippen LogP) is 3.35. The second-order valence-corrected chi connectivity index (χ2v) is 8.53. The Morgan fingerprint density at radius 2 is 1.92 bits per heavy atom. The van der Waals surface area contributed by atoms with Gasteiger partial charge in [0.25, 0.3) is 0 Å². The summed E-state index contributed by atoms with van der Waals surface area (Å²) in [5.74, 6) is 0.543. The van der Waals surface area contributed by atoms with E-state index >= 15 is 0 Å². The van der Waals surface area contributed by atoms with E-state index in [0.29, 0.717) is 30.7 Å². The first-order valence-electron chi connectivity index (χ1n) is 8.62. The molecule has 0 amide bonds. The van der Waals surface area contributed by atoms with Gasteiger partial charge in [0.1, 0.15) is 5.75 Å². The summed E-state index contributed by atoms with van der Waals surface area (Å²) in [5, 5.41) is 0. The molecule has 138 valence electrons. The molecule has 1 aliphatic rings. The topological polar surface area (TPSA) is 63.7 Å². The van der Waals surface area contributed by atoms with Crippen molar-refractivity contribution in [3.63, 3.8) is 0 Å². The molecule has 1 unspecified atom stereocenters. The Morgan fingerprint density at radius 3 is 2.58 bits per heavy atom. The van der Waals surface area contributed by atoms with E-state index in [1.54, 1.807) is 43.5 Å². The van der Waals surface area contributed by atoms with Crippen molar-refractivity contribution in [3.05, 3.63) is 59.2 Å². The number of hydrogen-bond donors (Lipinski definition) is 0. The van der Waals surface area contributed by atoms with Crippen LogP contribution in [-0.4, -0.2) is 38.2 Å². The average molecular weight is 373 g/mol. The summed E-state index contributed by atoms with van der Waals surface area (Å²) < 4.78 is 32.7. The van der Waals surface area contributed by atoms with Crippen molar-refractivity contribution < 1.29 is 17.9 Å². The Morgan fingerprint density at radius 1 is 1.15 bits per heavy atom. The molecule has 0 bridgehead atoms. The van der Waals surface area contributed by atoms with Gasteiger partial charge in [0, 0.05) is 12.1 Å². The molecule has 1 saturated heterocycles. The molecule has 1 aliphatic heterocycles. The van der Waals surface area contributed by atoms with Crippen LogP contribution in [0.4, 0.5) is 0 Å². The molecular formula is C20H23NO4S. The molecule has 1 heterocycles. The van der Waals surface area contributed by atoms with E-state index in [2.05, 4.69) is 0 Å². The van der Waals surface area contributed by atoms with E-state index in [1.807, 2.05) is 19.9 Å². The highest BCUT2D eigenvalue weighted by Gasteiger charge is 2.39. The van der Waals surface area contributed by atoms with Gasteiger partial charge in [-0.15, -0.1) is 0 Å². The van der Waals surface area contributed by atoms with Gasteiger partial charge >= 0.3 is 0 Å². The van der Waals surface area contributed by atoms with E-state index in [1.165, 1.54) is 4.31 Å². The molecule has 2 aromatic carbocycles. The molecule has 0 aromatic heterocycles. The Kier molecular flexibility index (Phi) is 5.16. The zero-order valence-corrected chi connectivity index (χ0v) is 16.0. The van der Waals surface area contributed by atoms with Gasteiger partial charge in [0.2, 0.25) is 10.0 Å². The van der Waals surface area contributed by atoms with Gasteiger partial charge in [-0.25, -0.2) is 8.42 Å². The fourth-order valence-corrected chi connectivity index (χ4v) is 5.19. The summed E-state index contributed by atoms with van der Waals surface area (Å²) in [7, 11) is -2.12. The first-order chi connectivity index (χ1) is 12.3. The maximum atomic E-state index is 13.1. The molecule has 26 heavy (non-hydrogen) atoms. The third kappa shape index (κ3) is 3.39. The van der Waals surface area contributed by atoms with Gasteiger partial charge in [0.15, 0.2) is 5.78 Å². The third-order valence-corrected chi connectivity index (χ3v) is 6.69. The van der Waals surface area contributed by atoms with Crippen molar-refractivity contribution in [2.24, 2.45) is 0 Å². The quantitative estimate of drug-likeness (QED) is 0.754. The number of sulfonamides is 1. The Labute approximate surface area is 154 Å². The van der Waals surface area contributed by atoms with Crippen molar-refractivity contribution in [1.82, 2.24) is 4.31 Å². The van der Waals surface area contributed by atoms with Crippen molar-refractivity contribution in [2.75, 3.05) is 13.7 Å². The van der Waals surface area contributed by atoms with Crippen molar-refractivity contribution in [2.45, 2.75) is 37.6 Å². The average Bonchev–Trinajstić information content (AvgIpc) is 3.11. The number of methoxy groups -OCH3 is 1. The number of hydrogen-bond acceptors (Lipinski definition) is 4. The highest BCUT2D eigenvalue weighted by Crippen LogP contribution is 2.29. The van der Waals surface area contributed by atoms with E-state index < -0.39 is 16.1 Å². The Bertz CT molecular complexity index is 937. The molecule has 1 fully saturated rings. The minimum absolute atomic E-state index is 0.163. The largest absolute Gasteiger partial charge is 0.496 e. The van der Waals surface area contributed by atoms with Crippen LogP contribution >= 0.6 is 0 Å². The van der Waals surface area contributed by atoms with Crippen LogP contribution in [0, 0.1) is 13.8 Å². The molecule has 0 spiro atoms. The summed E-state index contributed by atoms with van der Waals surface area (Å²) in [6, 6.07) is 11.4. The van der Waals surface area contributed by atoms with Crippen LogP contribution < -0.4 is 4.74 Å². The van der Waals surface area contributed by atoms with Crippen molar-refractivity contribution >= 4 is 15.8 Å². The van der Waals surface area contributed by atoms with Crippen LogP contribution in [0.1, 0.15) is 34.3 Å². The lowest BCUT2D eigenvalue weighted by Gasteiger charge is -2.23. The van der Waals surface area contributed by atoms with E-state index in [-0.39, 0.29) is 10.7 Å².